The monoisotopic (exact) mass is 367 g/mol. The van der Waals surface area contributed by atoms with E-state index in [2.05, 4.69) is 22.0 Å². The lowest BCUT2D eigenvalue weighted by molar-refractivity contribution is 0.0691. The fourth-order valence-electron chi connectivity index (χ4n) is 4.75. The second-order valence-corrected chi connectivity index (χ2v) is 7.84. The Labute approximate surface area is 155 Å². The minimum Gasteiger partial charge on any atom is -0.506 e. The molecule has 2 fully saturated rings. The number of fused-ring (bicyclic) bond motifs is 4. The lowest BCUT2D eigenvalue weighted by Gasteiger charge is -2.23. The number of aryl methyl sites for hydroxylation is 1. The number of nitrogens with one attached hydrogen (secondary N) is 1. The van der Waals surface area contributed by atoms with Crippen LogP contribution in [0.15, 0.2) is 23.0 Å². The molecule has 7 nitrogen and oxygen atoms in total. The van der Waals surface area contributed by atoms with E-state index in [1.54, 1.807) is 0 Å². The first-order chi connectivity index (χ1) is 13.0. The summed E-state index contributed by atoms with van der Waals surface area (Å²) < 4.78 is 0. The Kier molecular flexibility index (Phi) is 3.40. The predicted octanol–water partition coefficient (Wildman–Crippen LogP) is 1.33. The van der Waals surface area contributed by atoms with Crippen LogP contribution in [0.1, 0.15) is 27.9 Å². The van der Waals surface area contributed by atoms with Gasteiger partial charge in [-0.15, -0.1) is 0 Å². The number of H-pyrrole nitrogens is 1. The Hall–Kier alpha value is -2.80. The van der Waals surface area contributed by atoms with E-state index in [4.69, 9.17) is 5.73 Å². The van der Waals surface area contributed by atoms with Crippen LogP contribution in [0, 0.1) is 11.8 Å². The Bertz CT molecular complexity index is 1020. The SMILES string of the molecule is NC1[C@H]2CN(c3ccc4c(c3)-c3[nH]c(=O)c(C(=O)O)c(O)c3CCC4)C[C@@H]12. The first-order valence-electron chi connectivity index (χ1n) is 9.31. The third kappa shape index (κ3) is 2.38. The summed E-state index contributed by atoms with van der Waals surface area (Å²) in [5.41, 5.74) is 8.77. The summed E-state index contributed by atoms with van der Waals surface area (Å²) in [5, 5.41) is 19.7. The van der Waals surface area contributed by atoms with E-state index in [0.29, 0.717) is 35.6 Å². The van der Waals surface area contributed by atoms with Gasteiger partial charge in [0.25, 0.3) is 5.56 Å². The zero-order valence-corrected chi connectivity index (χ0v) is 14.7. The third-order valence-corrected chi connectivity index (χ3v) is 6.36. The Morgan fingerprint density at radius 1 is 1.22 bits per heavy atom. The fraction of sp³-hybridized carbons (Fsp3) is 0.400. The topological polar surface area (TPSA) is 120 Å². The largest absolute Gasteiger partial charge is 0.506 e. The first-order valence-corrected chi connectivity index (χ1v) is 9.31. The van der Waals surface area contributed by atoms with E-state index in [9.17, 15) is 19.8 Å². The van der Waals surface area contributed by atoms with Crippen molar-refractivity contribution in [3.63, 3.8) is 0 Å². The number of carbonyl (C=O) groups is 1. The number of pyridine rings is 1. The molecule has 3 atom stereocenters. The van der Waals surface area contributed by atoms with Gasteiger partial charge in [-0.25, -0.2) is 4.79 Å². The number of hydrogen-bond acceptors (Lipinski definition) is 5. The average Bonchev–Trinajstić information content (AvgIpc) is 3.07. The number of carboxylic acids is 1. The molecule has 27 heavy (non-hydrogen) atoms. The molecule has 0 spiro atoms. The molecular formula is C20H21N3O4. The normalized spacial score (nSPS) is 25.4. The highest BCUT2D eigenvalue weighted by Crippen LogP contribution is 2.46. The number of hydrogen-bond donors (Lipinski definition) is 4. The van der Waals surface area contributed by atoms with Crippen LogP contribution in [0.2, 0.25) is 0 Å². The minimum atomic E-state index is -1.41. The lowest BCUT2D eigenvalue weighted by Crippen LogP contribution is -2.28. The number of aromatic nitrogens is 1. The van der Waals surface area contributed by atoms with Crippen LogP contribution in [0.25, 0.3) is 11.3 Å². The van der Waals surface area contributed by atoms with E-state index in [1.165, 1.54) is 0 Å². The second-order valence-electron chi connectivity index (χ2n) is 7.84. The number of anilines is 1. The van der Waals surface area contributed by atoms with E-state index in [-0.39, 0.29) is 0 Å². The van der Waals surface area contributed by atoms with Gasteiger partial charge in [-0.2, -0.15) is 0 Å². The Balaban J connectivity index is 1.62. The van der Waals surface area contributed by atoms with Crippen LogP contribution in [0.5, 0.6) is 5.75 Å². The maximum atomic E-state index is 12.3. The molecule has 2 aliphatic carbocycles. The molecule has 1 aromatic carbocycles. The molecule has 5 rings (SSSR count). The number of benzene rings is 1. The molecule has 1 unspecified atom stereocenters. The van der Waals surface area contributed by atoms with Crippen molar-refractivity contribution in [3.8, 4) is 17.0 Å². The third-order valence-electron chi connectivity index (χ3n) is 6.36. The van der Waals surface area contributed by atoms with Crippen LogP contribution < -0.4 is 16.2 Å². The summed E-state index contributed by atoms with van der Waals surface area (Å²) in [6.07, 6.45) is 2.11. The molecule has 7 heteroatoms. The lowest BCUT2D eigenvalue weighted by atomic mass is 9.98. The molecule has 140 valence electrons. The first kappa shape index (κ1) is 16.4. The van der Waals surface area contributed by atoms with E-state index >= 15 is 0 Å². The van der Waals surface area contributed by atoms with Crippen LogP contribution in [-0.2, 0) is 12.8 Å². The summed E-state index contributed by atoms with van der Waals surface area (Å²) in [4.78, 5) is 28.7. The van der Waals surface area contributed by atoms with Gasteiger partial charge in [0.2, 0.25) is 0 Å². The van der Waals surface area contributed by atoms with Crippen LogP contribution in [0.4, 0.5) is 5.69 Å². The summed E-state index contributed by atoms with van der Waals surface area (Å²) in [6, 6.07) is 6.55. The zero-order chi connectivity index (χ0) is 18.9. The molecule has 2 heterocycles. The van der Waals surface area contributed by atoms with Gasteiger partial charge in [-0.05, 0) is 48.8 Å². The van der Waals surface area contributed by atoms with Crippen LogP contribution in [-0.4, -0.2) is 40.3 Å². The van der Waals surface area contributed by atoms with Crippen molar-refractivity contribution in [2.24, 2.45) is 17.6 Å². The molecule has 1 saturated carbocycles. The van der Waals surface area contributed by atoms with Gasteiger partial charge < -0.3 is 25.8 Å². The number of nitrogens with two attached hydrogens (primary N) is 1. The smallest absolute Gasteiger partial charge is 0.345 e. The molecule has 0 amide bonds. The van der Waals surface area contributed by atoms with E-state index < -0.39 is 22.8 Å². The summed E-state index contributed by atoms with van der Waals surface area (Å²) >= 11 is 0. The highest BCUT2D eigenvalue weighted by atomic mass is 16.4. The minimum absolute atomic E-state index is 0.325. The highest BCUT2D eigenvalue weighted by Gasteiger charge is 2.53. The maximum absolute atomic E-state index is 12.3. The van der Waals surface area contributed by atoms with Crippen molar-refractivity contribution >= 4 is 11.7 Å². The summed E-state index contributed by atoms with van der Waals surface area (Å²) in [7, 11) is 0. The van der Waals surface area contributed by atoms with Gasteiger partial charge in [-0.1, -0.05) is 6.07 Å². The van der Waals surface area contributed by atoms with Crippen molar-refractivity contribution in [1.29, 1.82) is 0 Å². The molecule has 1 aromatic heterocycles. The second kappa shape index (κ2) is 5.60. The molecule has 3 aliphatic rings. The van der Waals surface area contributed by atoms with Gasteiger partial charge in [0.1, 0.15) is 5.75 Å². The molecule has 2 aromatic rings. The van der Waals surface area contributed by atoms with Crippen molar-refractivity contribution in [3.05, 3.63) is 45.2 Å². The molecule has 1 aliphatic heterocycles. The molecule has 1 saturated heterocycles. The van der Waals surface area contributed by atoms with Crippen molar-refractivity contribution in [2.75, 3.05) is 18.0 Å². The maximum Gasteiger partial charge on any atom is 0.345 e. The van der Waals surface area contributed by atoms with Crippen molar-refractivity contribution in [1.82, 2.24) is 4.98 Å². The highest BCUT2D eigenvalue weighted by molar-refractivity contribution is 5.92. The number of rotatable bonds is 2. The summed E-state index contributed by atoms with van der Waals surface area (Å²) in [5.74, 6) is -0.688. The summed E-state index contributed by atoms with van der Waals surface area (Å²) in [6.45, 7) is 1.88. The Morgan fingerprint density at radius 2 is 1.96 bits per heavy atom. The average molecular weight is 367 g/mol. The number of aromatic amines is 1. The van der Waals surface area contributed by atoms with Gasteiger partial charge in [0.05, 0.1) is 5.69 Å². The van der Waals surface area contributed by atoms with Crippen molar-refractivity contribution < 1.29 is 15.0 Å². The number of piperidine rings is 1. The fourth-order valence-corrected chi connectivity index (χ4v) is 4.75. The van der Waals surface area contributed by atoms with E-state index in [1.807, 2.05) is 6.07 Å². The molecule has 0 radical (unpaired) electrons. The zero-order valence-electron chi connectivity index (χ0n) is 14.7. The Morgan fingerprint density at radius 3 is 2.67 bits per heavy atom. The van der Waals surface area contributed by atoms with Gasteiger partial charge in [0, 0.05) is 35.9 Å². The van der Waals surface area contributed by atoms with Crippen LogP contribution >= 0.6 is 0 Å². The quantitative estimate of drug-likeness (QED) is 0.636. The molecular weight excluding hydrogens is 346 g/mol. The van der Waals surface area contributed by atoms with Crippen molar-refractivity contribution in [2.45, 2.75) is 25.3 Å². The van der Waals surface area contributed by atoms with Crippen LogP contribution in [0.3, 0.4) is 0 Å². The van der Waals surface area contributed by atoms with Gasteiger partial charge >= 0.3 is 5.97 Å². The molecule has 5 N–H and O–H groups in total. The number of carboxylic acid groups (broad SMARTS) is 1. The standard InChI is InChI=1S/C20H21N3O4/c21-16-13-7-23(8-14(13)16)10-5-4-9-2-1-3-11-17(12(9)6-10)22-19(25)15(18(11)24)20(26)27/h4-6,13-14,16H,1-3,7-8,21H2,(H,26,27)(H2,22,24,25)/t13-,14+,16?. The van der Waals surface area contributed by atoms with Gasteiger partial charge in [-0.3, -0.25) is 4.79 Å². The van der Waals surface area contributed by atoms with Gasteiger partial charge in [0.15, 0.2) is 5.56 Å². The predicted molar refractivity (Wildman–Crippen MR) is 100 cm³/mol. The number of aromatic hydroxyl groups is 1. The molecule has 0 bridgehead atoms. The van der Waals surface area contributed by atoms with E-state index in [0.717, 1.165) is 42.7 Å². The number of aromatic carboxylic acids is 1. The number of nitrogens with zero attached hydrogens (tertiary/aromatic N) is 1.